The largest absolute Gasteiger partial charge is 0.496 e. The highest BCUT2D eigenvalue weighted by molar-refractivity contribution is 5.77. The van der Waals surface area contributed by atoms with E-state index < -0.39 is 6.10 Å². The fourth-order valence-corrected chi connectivity index (χ4v) is 3.23. The van der Waals surface area contributed by atoms with Crippen LogP contribution in [0.4, 0.5) is 10.5 Å². The van der Waals surface area contributed by atoms with Crippen LogP contribution in [0.2, 0.25) is 0 Å². The molecule has 2 heterocycles. The predicted octanol–water partition coefficient (Wildman–Crippen LogP) is 0.962. The number of aliphatic hydroxyl groups is 1. The number of aliphatic hydroxyl groups excluding tert-OH is 1. The van der Waals surface area contributed by atoms with Crippen LogP contribution in [0.1, 0.15) is 18.6 Å². The fourth-order valence-electron chi connectivity index (χ4n) is 3.23. The molecule has 21 heavy (non-hydrogen) atoms. The average molecular weight is 291 g/mol. The van der Waals surface area contributed by atoms with Crippen molar-refractivity contribution in [3.8, 4) is 5.75 Å². The standard InChI is InChI=1S/C15H21N3O3/c1-10(19)14-12(4-3-5-13(14)21-2)17-6-7-18-11(9-17)8-16-15(18)20/h3-5,10-11,19H,6-9H2,1-2H3,(H,16,20)/t10-,11?/m0/s1. The van der Waals surface area contributed by atoms with Crippen LogP contribution in [0.3, 0.4) is 0 Å². The normalized spacial score (nSPS) is 22.8. The first kappa shape index (κ1) is 14.0. The number of piperazine rings is 1. The maximum atomic E-state index is 11.7. The molecule has 0 bridgehead atoms. The average Bonchev–Trinajstić information content (AvgIpc) is 2.87. The summed E-state index contributed by atoms with van der Waals surface area (Å²) >= 11 is 0. The maximum absolute atomic E-state index is 11.7. The van der Waals surface area contributed by atoms with E-state index in [9.17, 15) is 9.90 Å². The second-order valence-corrected chi connectivity index (χ2v) is 5.55. The minimum atomic E-state index is -0.600. The van der Waals surface area contributed by atoms with Crippen molar-refractivity contribution in [2.75, 3.05) is 38.2 Å². The lowest BCUT2D eigenvalue weighted by atomic mass is 10.0. The first-order valence-corrected chi connectivity index (χ1v) is 7.26. The molecule has 2 N–H and O–H groups in total. The zero-order valence-electron chi connectivity index (χ0n) is 12.4. The van der Waals surface area contributed by atoms with Gasteiger partial charge in [-0.2, -0.15) is 0 Å². The third kappa shape index (κ3) is 2.40. The van der Waals surface area contributed by atoms with E-state index in [0.717, 1.165) is 24.3 Å². The van der Waals surface area contributed by atoms with E-state index in [1.165, 1.54) is 0 Å². The van der Waals surface area contributed by atoms with Gasteiger partial charge in [0.15, 0.2) is 0 Å². The number of urea groups is 1. The van der Waals surface area contributed by atoms with Crippen molar-refractivity contribution in [3.05, 3.63) is 23.8 Å². The van der Waals surface area contributed by atoms with E-state index in [2.05, 4.69) is 10.2 Å². The van der Waals surface area contributed by atoms with Gasteiger partial charge in [0, 0.05) is 37.4 Å². The zero-order valence-corrected chi connectivity index (χ0v) is 12.4. The second kappa shape index (κ2) is 5.44. The van der Waals surface area contributed by atoms with E-state index in [1.54, 1.807) is 14.0 Å². The summed E-state index contributed by atoms with van der Waals surface area (Å²) in [5.41, 5.74) is 1.80. The van der Waals surface area contributed by atoms with Crippen LogP contribution in [0.5, 0.6) is 5.75 Å². The highest BCUT2D eigenvalue weighted by Crippen LogP contribution is 2.35. The number of hydrogen-bond donors (Lipinski definition) is 2. The van der Waals surface area contributed by atoms with Gasteiger partial charge in [0.05, 0.1) is 19.3 Å². The molecule has 0 saturated carbocycles. The van der Waals surface area contributed by atoms with E-state index in [4.69, 9.17) is 4.74 Å². The Balaban J connectivity index is 1.89. The highest BCUT2D eigenvalue weighted by Gasteiger charge is 2.36. The van der Waals surface area contributed by atoms with Crippen LogP contribution in [0.25, 0.3) is 0 Å². The number of nitrogens with one attached hydrogen (secondary N) is 1. The van der Waals surface area contributed by atoms with Crippen LogP contribution in [0.15, 0.2) is 18.2 Å². The summed E-state index contributed by atoms with van der Waals surface area (Å²) in [6, 6.07) is 6.03. The molecule has 2 aliphatic heterocycles. The number of benzene rings is 1. The number of anilines is 1. The molecule has 114 valence electrons. The molecule has 6 nitrogen and oxygen atoms in total. The molecule has 2 amide bonds. The quantitative estimate of drug-likeness (QED) is 0.871. The van der Waals surface area contributed by atoms with Crippen LogP contribution in [-0.2, 0) is 0 Å². The van der Waals surface area contributed by atoms with Gasteiger partial charge in [0.25, 0.3) is 0 Å². The number of nitrogens with zero attached hydrogens (tertiary/aromatic N) is 2. The Morgan fingerprint density at radius 1 is 1.43 bits per heavy atom. The van der Waals surface area contributed by atoms with Crippen molar-refractivity contribution < 1.29 is 14.6 Å². The number of carbonyl (C=O) groups is 1. The van der Waals surface area contributed by atoms with E-state index in [1.807, 2.05) is 23.1 Å². The van der Waals surface area contributed by atoms with Crippen molar-refractivity contribution in [3.63, 3.8) is 0 Å². The van der Waals surface area contributed by atoms with Gasteiger partial charge in [-0.1, -0.05) is 6.07 Å². The van der Waals surface area contributed by atoms with Gasteiger partial charge >= 0.3 is 6.03 Å². The van der Waals surface area contributed by atoms with E-state index >= 15 is 0 Å². The summed E-state index contributed by atoms with van der Waals surface area (Å²) in [5.74, 6) is 0.700. The first-order valence-electron chi connectivity index (χ1n) is 7.26. The molecular formula is C15H21N3O3. The Morgan fingerprint density at radius 3 is 2.95 bits per heavy atom. The monoisotopic (exact) mass is 291 g/mol. The minimum Gasteiger partial charge on any atom is -0.496 e. The molecule has 3 rings (SSSR count). The van der Waals surface area contributed by atoms with Gasteiger partial charge in [0.2, 0.25) is 0 Å². The summed E-state index contributed by atoms with van der Waals surface area (Å²) in [6.07, 6.45) is -0.600. The summed E-state index contributed by atoms with van der Waals surface area (Å²) in [7, 11) is 1.61. The number of methoxy groups -OCH3 is 1. The number of rotatable bonds is 3. The Morgan fingerprint density at radius 2 is 2.24 bits per heavy atom. The molecule has 1 aromatic carbocycles. The smallest absolute Gasteiger partial charge is 0.317 e. The Labute approximate surface area is 124 Å². The summed E-state index contributed by atoms with van der Waals surface area (Å²) in [5, 5.41) is 13.0. The lowest BCUT2D eigenvalue weighted by Crippen LogP contribution is -2.52. The Kier molecular flexibility index (Phi) is 3.63. The summed E-state index contributed by atoms with van der Waals surface area (Å²) < 4.78 is 5.38. The van der Waals surface area contributed by atoms with Gasteiger partial charge in [-0.3, -0.25) is 0 Å². The van der Waals surface area contributed by atoms with Crippen molar-refractivity contribution >= 4 is 11.7 Å². The molecule has 2 saturated heterocycles. The molecular weight excluding hydrogens is 270 g/mol. The lowest BCUT2D eigenvalue weighted by molar-refractivity contribution is 0.191. The van der Waals surface area contributed by atoms with Gasteiger partial charge in [0.1, 0.15) is 5.75 Å². The Hall–Kier alpha value is -1.95. The molecule has 2 fully saturated rings. The van der Waals surface area contributed by atoms with Gasteiger partial charge in [-0.15, -0.1) is 0 Å². The van der Waals surface area contributed by atoms with Gasteiger partial charge in [-0.05, 0) is 19.1 Å². The van der Waals surface area contributed by atoms with Crippen molar-refractivity contribution in [2.24, 2.45) is 0 Å². The maximum Gasteiger partial charge on any atom is 0.317 e. The fraction of sp³-hybridized carbons (Fsp3) is 0.533. The van der Waals surface area contributed by atoms with Crippen LogP contribution in [0, 0.1) is 0 Å². The lowest BCUT2D eigenvalue weighted by Gasteiger charge is -2.39. The summed E-state index contributed by atoms with van der Waals surface area (Å²) in [4.78, 5) is 15.8. The number of ether oxygens (including phenoxy) is 1. The van der Waals surface area contributed by atoms with Crippen LogP contribution in [-0.4, -0.2) is 55.4 Å². The molecule has 0 aromatic heterocycles. The number of amides is 2. The summed E-state index contributed by atoms with van der Waals surface area (Å²) in [6.45, 7) is 4.66. The topological polar surface area (TPSA) is 65.0 Å². The number of carbonyl (C=O) groups excluding carboxylic acids is 1. The van der Waals surface area contributed by atoms with Crippen LogP contribution < -0.4 is 15.0 Å². The predicted molar refractivity (Wildman–Crippen MR) is 79.7 cm³/mol. The molecule has 2 atom stereocenters. The molecule has 1 unspecified atom stereocenters. The van der Waals surface area contributed by atoms with E-state index in [-0.39, 0.29) is 12.1 Å². The molecule has 0 aliphatic carbocycles. The highest BCUT2D eigenvalue weighted by atomic mass is 16.5. The second-order valence-electron chi connectivity index (χ2n) is 5.55. The number of fused-ring (bicyclic) bond motifs is 1. The van der Waals surface area contributed by atoms with Crippen molar-refractivity contribution in [1.82, 2.24) is 10.2 Å². The SMILES string of the molecule is COc1cccc(N2CCN3C(=O)NCC3C2)c1[C@H](C)O. The third-order valence-electron chi connectivity index (χ3n) is 4.25. The number of hydrogen-bond acceptors (Lipinski definition) is 4. The van der Waals surface area contributed by atoms with E-state index in [0.29, 0.717) is 18.8 Å². The molecule has 0 spiro atoms. The van der Waals surface area contributed by atoms with Crippen molar-refractivity contribution in [2.45, 2.75) is 19.1 Å². The van der Waals surface area contributed by atoms with Crippen molar-refractivity contribution in [1.29, 1.82) is 0 Å². The van der Waals surface area contributed by atoms with Gasteiger partial charge in [-0.25, -0.2) is 4.79 Å². The zero-order chi connectivity index (χ0) is 15.0. The third-order valence-corrected chi connectivity index (χ3v) is 4.25. The minimum absolute atomic E-state index is 0.0287. The molecule has 0 radical (unpaired) electrons. The molecule has 1 aromatic rings. The Bertz CT molecular complexity index is 547. The molecule has 6 heteroatoms. The van der Waals surface area contributed by atoms with Crippen LogP contribution >= 0.6 is 0 Å². The molecule has 2 aliphatic rings. The first-order chi connectivity index (χ1) is 10.1. The van der Waals surface area contributed by atoms with Gasteiger partial charge < -0.3 is 25.0 Å².